The number of esters is 1. The van der Waals surface area contributed by atoms with Crippen molar-refractivity contribution in [2.75, 3.05) is 7.11 Å². The van der Waals surface area contributed by atoms with Crippen LogP contribution in [0, 0.1) is 11.7 Å². The number of fused-ring (bicyclic) bond motifs is 1. The van der Waals surface area contributed by atoms with Crippen molar-refractivity contribution in [3.8, 4) is 0 Å². The van der Waals surface area contributed by atoms with E-state index in [1.807, 2.05) is 0 Å². The Hall–Kier alpha value is -2.84. The molecule has 0 spiro atoms. The summed E-state index contributed by atoms with van der Waals surface area (Å²) in [6, 6.07) is 11.3. The Morgan fingerprint density at radius 3 is 2.28 bits per heavy atom. The van der Waals surface area contributed by atoms with Gasteiger partial charge in [-0.1, -0.05) is 58.7 Å². The third kappa shape index (κ3) is 3.78. The molecule has 1 aliphatic rings. The number of hydrogen-bond acceptors (Lipinski definition) is 4. The summed E-state index contributed by atoms with van der Waals surface area (Å²) in [6.07, 6.45) is -6.39. The van der Waals surface area contributed by atoms with Crippen LogP contribution in [0.2, 0.25) is 10.0 Å². The molecule has 0 amide bonds. The SMILES string of the molecule is COC(=O)c1ccc(C2=NOC(c3cc(Cl)c(F)c(Cl)c3)C2C(F)(F)F)c2ccccc12. The molecule has 0 saturated heterocycles. The van der Waals surface area contributed by atoms with E-state index < -0.39 is 40.0 Å². The van der Waals surface area contributed by atoms with Crippen molar-refractivity contribution in [1.82, 2.24) is 0 Å². The average Bonchev–Trinajstić information content (AvgIpc) is 3.21. The van der Waals surface area contributed by atoms with Gasteiger partial charge in [0, 0.05) is 5.56 Å². The molecule has 2 unspecified atom stereocenters. The summed E-state index contributed by atoms with van der Waals surface area (Å²) in [6.45, 7) is 0. The molecule has 32 heavy (non-hydrogen) atoms. The second kappa shape index (κ2) is 8.26. The van der Waals surface area contributed by atoms with Gasteiger partial charge >= 0.3 is 12.1 Å². The number of rotatable bonds is 3. The second-order valence-electron chi connectivity index (χ2n) is 7.02. The number of ether oxygens (including phenoxy) is 1. The Balaban J connectivity index is 1.86. The number of benzene rings is 3. The summed E-state index contributed by atoms with van der Waals surface area (Å²) in [4.78, 5) is 17.3. The van der Waals surface area contributed by atoms with Gasteiger partial charge < -0.3 is 9.57 Å². The Labute approximate surface area is 189 Å². The molecule has 166 valence electrons. The molecule has 10 heteroatoms. The van der Waals surface area contributed by atoms with E-state index in [0.29, 0.717) is 10.8 Å². The maximum absolute atomic E-state index is 14.2. The van der Waals surface area contributed by atoms with Crippen LogP contribution in [0.25, 0.3) is 10.8 Å². The molecule has 0 fully saturated rings. The minimum absolute atomic E-state index is 0.0713. The highest BCUT2D eigenvalue weighted by Gasteiger charge is 2.54. The Kier molecular flexibility index (Phi) is 5.77. The molecule has 0 radical (unpaired) electrons. The van der Waals surface area contributed by atoms with Gasteiger partial charge in [0.15, 0.2) is 11.9 Å². The van der Waals surface area contributed by atoms with Crippen molar-refractivity contribution < 1.29 is 31.9 Å². The summed E-state index contributed by atoms with van der Waals surface area (Å²) in [7, 11) is 1.21. The van der Waals surface area contributed by atoms with Crippen LogP contribution in [0.3, 0.4) is 0 Å². The number of carbonyl (C=O) groups excluding carboxylic acids is 1. The normalized spacial score (nSPS) is 18.4. The minimum atomic E-state index is -4.77. The Morgan fingerprint density at radius 1 is 1.06 bits per heavy atom. The lowest BCUT2D eigenvalue weighted by molar-refractivity contribution is -0.177. The van der Waals surface area contributed by atoms with Gasteiger partial charge in [-0.05, 0) is 34.5 Å². The zero-order valence-corrected chi connectivity index (χ0v) is 17.7. The van der Waals surface area contributed by atoms with Crippen LogP contribution in [-0.2, 0) is 9.57 Å². The molecular weight excluding hydrogens is 473 g/mol. The molecule has 3 aromatic rings. The maximum atomic E-state index is 14.2. The van der Waals surface area contributed by atoms with Crippen LogP contribution in [0.1, 0.15) is 27.6 Å². The van der Waals surface area contributed by atoms with E-state index in [1.54, 1.807) is 24.3 Å². The van der Waals surface area contributed by atoms with Gasteiger partial charge in [-0.2, -0.15) is 13.2 Å². The number of hydrogen-bond donors (Lipinski definition) is 0. The lowest BCUT2D eigenvalue weighted by Gasteiger charge is -2.23. The van der Waals surface area contributed by atoms with Crippen LogP contribution in [0.5, 0.6) is 0 Å². The molecule has 3 aromatic carbocycles. The van der Waals surface area contributed by atoms with Crippen LogP contribution >= 0.6 is 23.2 Å². The van der Waals surface area contributed by atoms with Crippen molar-refractivity contribution >= 4 is 45.7 Å². The molecule has 0 N–H and O–H groups in total. The fourth-order valence-corrected chi connectivity index (χ4v) is 4.22. The highest BCUT2D eigenvalue weighted by Crippen LogP contribution is 2.46. The number of carbonyl (C=O) groups is 1. The van der Waals surface area contributed by atoms with E-state index in [2.05, 4.69) is 5.16 Å². The first-order valence-electron chi connectivity index (χ1n) is 9.18. The molecule has 0 aromatic heterocycles. The van der Waals surface area contributed by atoms with Crippen LogP contribution in [0.15, 0.2) is 53.7 Å². The van der Waals surface area contributed by atoms with Gasteiger partial charge in [-0.15, -0.1) is 0 Å². The van der Waals surface area contributed by atoms with E-state index in [9.17, 15) is 22.4 Å². The highest BCUT2D eigenvalue weighted by molar-refractivity contribution is 6.35. The monoisotopic (exact) mass is 485 g/mol. The van der Waals surface area contributed by atoms with Crippen LogP contribution in [0.4, 0.5) is 17.6 Å². The first-order chi connectivity index (χ1) is 15.1. The van der Waals surface area contributed by atoms with Crippen molar-refractivity contribution in [2.45, 2.75) is 12.3 Å². The summed E-state index contributed by atoms with van der Waals surface area (Å²) in [5.74, 6) is -3.75. The first kappa shape index (κ1) is 22.4. The summed E-state index contributed by atoms with van der Waals surface area (Å²) in [5, 5.41) is 3.64. The van der Waals surface area contributed by atoms with Gasteiger partial charge in [0.25, 0.3) is 0 Å². The largest absolute Gasteiger partial charge is 0.465 e. The molecule has 2 atom stereocenters. The maximum Gasteiger partial charge on any atom is 0.401 e. The van der Waals surface area contributed by atoms with E-state index >= 15 is 0 Å². The zero-order chi connectivity index (χ0) is 23.2. The summed E-state index contributed by atoms with van der Waals surface area (Å²) in [5.41, 5.74) is -0.120. The number of oxime groups is 1. The number of methoxy groups -OCH3 is 1. The lowest BCUT2D eigenvalue weighted by Crippen LogP contribution is -2.33. The van der Waals surface area contributed by atoms with Crippen LogP contribution in [-0.4, -0.2) is 25.0 Å². The molecule has 0 saturated carbocycles. The average molecular weight is 486 g/mol. The van der Waals surface area contributed by atoms with Crippen molar-refractivity contribution in [2.24, 2.45) is 11.1 Å². The van der Waals surface area contributed by atoms with E-state index in [0.717, 1.165) is 12.1 Å². The predicted octanol–water partition coefficient (Wildman–Crippen LogP) is 6.73. The van der Waals surface area contributed by atoms with E-state index in [4.69, 9.17) is 32.8 Å². The second-order valence-corrected chi connectivity index (χ2v) is 7.83. The molecule has 1 aliphatic heterocycles. The summed E-state index contributed by atoms with van der Waals surface area (Å²) >= 11 is 11.5. The van der Waals surface area contributed by atoms with Gasteiger partial charge in [0.2, 0.25) is 0 Å². The molecule has 1 heterocycles. The van der Waals surface area contributed by atoms with Gasteiger partial charge in [-0.3, -0.25) is 0 Å². The van der Waals surface area contributed by atoms with Gasteiger partial charge in [-0.25, -0.2) is 9.18 Å². The third-order valence-corrected chi connectivity index (χ3v) is 5.70. The quantitative estimate of drug-likeness (QED) is 0.235. The fraction of sp³-hybridized carbons (Fsp3) is 0.182. The first-order valence-corrected chi connectivity index (χ1v) is 9.94. The van der Waals surface area contributed by atoms with E-state index in [-0.39, 0.29) is 22.4 Å². The lowest BCUT2D eigenvalue weighted by atomic mass is 9.85. The standard InChI is InChI=1S/C22H13Cl2F4NO3/c1-31-21(30)14-7-6-13(11-4-2-3-5-12(11)14)19-17(22(26,27)28)20(32-29-19)10-8-15(23)18(25)16(24)9-10/h2-9,17,20H,1H3. The highest BCUT2D eigenvalue weighted by atomic mass is 35.5. The van der Waals surface area contributed by atoms with E-state index in [1.165, 1.54) is 19.2 Å². The molecule has 0 bridgehead atoms. The van der Waals surface area contributed by atoms with Crippen LogP contribution < -0.4 is 0 Å². The van der Waals surface area contributed by atoms with Crippen molar-refractivity contribution in [3.05, 3.63) is 81.1 Å². The Bertz CT molecular complexity index is 1240. The molecule has 4 rings (SSSR count). The minimum Gasteiger partial charge on any atom is -0.465 e. The fourth-order valence-electron chi connectivity index (χ4n) is 3.72. The zero-order valence-electron chi connectivity index (χ0n) is 16.2. The van der Waals surface area contributed by atoms with Crippen molar-refractivity contribution in [3.63, 3.8) is 0 Å². The number of alkyl halides is 3. The molecule has 4 nitrogen and oxygen atoms in total. The van der Waals surface area contributed by atoms with Crippen molar-refractivity contribution in [1.29, 1.82) is 0 Å². The van der Waals surface area contributed by atoms with Gasteiger partial charge in [0.1, 0.15) is 11.6 Å². The Morgan fingerprint density at radius 2 is 1.69 bits per heavy atom. The molecule has 0 aliphatic carbocycles. The summed E-state index contributed by atoms with van der Waals surface area (Å²) < 4.78 is 61.1. The molecular formula is C22H13Cl2F4NO3. The predicted molar refractivity (Wildman–Crippen MR) is 112 cm³/mol. The number of nitrogens with zero attached hydrogens (tertiary/aromatic N) is 1. The van der Waals surface area contributed by atoms with Gasteiger partial charge in [0.05, 0.1) is 22.7 Å². The number of halogens is 6. The third-order valence-electron chi connectivity index (χ3n) is 5.15. The topological polar surface area (TPSA) is 47.9 Å². The smallest absolute Gasteiger partial charge is 0.401 e.